The number of carbonyl (C=O) groups excluding carboxylic acids is 1. The maximum atomic E-state index is 12.5. The quantitative estimate of drug-likeness (QED) is 0.505. The van der Waals surface area contributed by atoms with Crippen molar-refractivity contribution in [3.63, 3.8) is 0 Å². The van der Waals surface area contributed by atoms with Crippen LogP contribution in [0.4, 0.5) is 5.13 Å². The van der Waals surface area contributed by atoms with Gasteiger partial charge in [-0.25, -0.2) is 18.1 Å². The highest BCUT2D eigenvalue weighted by Gasteiger charge is 2.16. The van der Waals surface area contributed by atoms with Gasteiger partial charge in [0.2, 0.25) is 10.0 Å². The number of nitrogens with one attached hydrogen (secondary N) is 2. The molecule has 3 aromatic rings. The fourth-order valence-electron chi connectivity index (χ4n) is 2.86. The van der Waals surface area contributed by atoms with Crippen LogP contribution in [-0.4, -0.2) is 39.1 Å². The number of methoxy groups -OCH3 is 1. The van der Waals surface area contributed by atoms with Crippen molar-refractivity contribution in [3.8, 4) is 11.3 Å². The molecule has 9 heteroatoms. The van der Waals surface area contributed by atoms with E-state index in [1.54, 1.807) is 21.0 Å². The summed E-state index contributed by atoms with van der Waals surface area (Å²) in [4.78, 5) is 17.1. The summed E-state index contributed by atoms with van der Waals surface area (Å²) < 4.78 is 32.0. The average Bonchev–Trinajstić information content (AvgIpc) is 3.20. The van der Waals surface area contributed by atoms with Gasteiger partial charge in [-0.3, -0.25) is 10.1 Å². The highest BCUT2D eigenvalue weighted by Crippen LogP contribution is 2.25. The van der Waals surface area contributed by atoms with Crippen LogP contribution in [0.25, 0.3) is 11.3 Å². The lowest BCUT2D eigenvalue weighted by atomic mass is 10.1. The lowest BCUT2D eigenvalue weighted by Crippen LogP contribution is -2.30. The van der Waals surface area contributed by atoms with Gasteiger partial charge in [0.25, 0.3) is 5.91 Å². The van der Waals surface area contributed by atoms with Crippen LogP contribution in [0.15, 0.2) is 58.8 Å². The summed E-state index contributed by atoms with van der Waals surface area (Å²) in [6.07, 6.45) is 0.850. The van der Waals surface area contributed by atoms with Gasteiger partial charge in [0, 0.05) is 29.7 Å². The van der Waals surface area contributed by atoms with Crippen molar-refractivity contribution in [1.29, 1.82) is 0 Å². The van der Waals surface area contributed by atoms with E-state index in [0.29, 0.717) is 17.3 Å². The Hall–Kier alpha value is -2.59. The van der Waals surface area contributed by atoms with Crippen LogP contribution in [0.3, 0.4) is 0 Å². The predicted molar refractivity (Wildman–Crippen MR) is 123 cm³/mol. The third-order valence-corrected chi connectivity index (χ3v) is 6.82. The van der Waals surface area contributed by atoms with Gasteiger partial charge in [-0.05, 0) is 50.1 Å². The summed E-state index contributed by atoms with van der Waals surface area (Å²) in [6.45, 7) is 4.17. The van der Waals surface area contributed by atoms with Crippen LogP contribution >= 0.6 is 11.3 Å². The molecule has 31 heavy (non-hydrogen) atoms. The molecule has 2 aromatic carbocycles. The molecule has 0 spiro atoms. The topological polar surface area (TPSA) is 97.4 Å². The summed E-state index contributed by atoms with van der Waals surface area (Å²) in [5.41, 5.74) is 3.27. The van der Waals surface area contributed by atoms with E-state index in [2.05, 4.69) is 15.0 Å². The molecule has 0 bridgehead atoms. The molecule has 0 saturated heterocycles. The molecule has 2 N–H and O–H groups in total. The van der Waals surface area contributed by atoms with Crippen molar-refractivity contribution in [2.75, 3.05) is 19.0 Å². The number of hydrogen-bond donors (Lipinski definition) is 2. The van der Waals surface area contributed by atoms with E-state index in [1.807, 2.05) is 29.6 Å². The zero-order valence-electron chi connectivity index (χ0n) is 17.6. The Labute approximate surface area is 186 Å². The van der Waals surface area contributed by atoms with E-state index in [-0.39, 0.29) is 16.8 Å². The van der Waals surface area contributed by atoms with Gasteiger partial charge in [-0.2, -0.15) is 0 Å². The van der Waals surface area contributed by atoms with Crippen molar-refractivity contribution >= 4 is 32.4 Å². The highest BCUT2D eigenvalue weighted by atomic mass is 32.2. The number of hydrogen-bond acceptors (Lipinski definition) is 6. The van der Waals surface area contributed by atoms with E-state index < -0.39 is 10.0 Å². The van der Waals surface area contributed by atoms with E-state index in [1.165, 1.54) is 41.2 Å². The Morgan fingerprint density at radius 2 is 1.77 bits per heavy atom. The molecule has 7 nitrogen and oxygen atoms in total. The van der Waals surface area contributed by atoms with Crippen LogP contribution in [0.5, 0.6) is 0 Å². The summed E-state index contributed by atoms with van der Waals surface area (Å²) in [7, 11) is -1.92. The number of sulfonamides is 1. The zero-order chi connectivity index (χ0) is 22.4. The van der Waals surface area contributed by atoms with Gasteiger partial charge >= 0.3 is 0 Å². The molecule has 0 unspecified atom stereocenters. The number of rotatable bonds is 9. The first-order chi connectivity index (χ1) is 14.8. The number of amides is 1. The Kier molecular flexibility index (Phi) is 7.55. The summed E-state index contributed by atoms with van der Waals surface area (Å²) in [5.74, 6) is -0.350. The first-order valence-corrected chi connectivity index (χ1v) is 12.1. The van der Waals surface area contributed by atoms with Crippen molar-refractivity contribution in [2.45, 2.75) is 31.2 Å². The monoisotopic (exact) mass is 459 g/mol. The first kappa shape index (κ1) is 23.1. The Bertz CT molecular complexity index is 1120. The molecule has 0 aliphatic carbocycles. The van der Waals surface area contributed by atoms with Crippen molar-refractivity contribution < 1.29 is 17.9 Å². The first-order valence-electron chi connectivity index (χ1n) is 9.76. The van der Waals surface area contributed by atoms with E-state index in [9.17, 15) is 13.2 Å². The highest BCUT2D eigenvalue weighted by molar-refractivity contribution is 7.89. The second-order valence-electron chi connectivity index (χ2n) is 7.23. The van der Waals surface area contributed by atoms with Crippen molar-refractivity contribution in [2.24, 2.45) is 0 Å². The number of benzene rings is 2. The van der Waals surface area contributed by atoms with Crippen LogP contribution < -0.4 is 10.0 Å². The minimum Gasteiger partial charge on any atom is -0.384 e. The second kappa shape index (κ2) is 10.1. The number of aromatic nitrogens is 1. The Morgan fingerprint density at radius 3 is 2.39 bits per heavy atom. The minimum atomic E-state index is -3.60. The predicted octanol–water partition coefficient (Wildman–Crippen LogP) is 3.94. The third kappa shape index (κ3) is 6.20. The Morgan fingerprint density at radius 1 is 1.10 bits per heavy atom. The molecule has 0 fully saturated rings. The maximum absolute atomic E-state index is 12.5. The summed E-state index contributed by atoms with van der Waals surface area (Å²) >= 11 is 1.33. The molecule has 1 aromatic heterocycles. The minimum absolute atomic E-state index is 0.114. The molecule has 164 valence electrons. The molecule has 0 radical (unpaired) electrons. The molecular formula is C22H25N3O4S2. The lowest BCUT2D eigenvalue weighted by Gasteiger charge is -2.10. The number of carbonyl (C=O) groups is 1. The normalized spacial score (nSPS) is 11.6. The van der Waals surface area contributed by atoms with Gasteiger partial charge < -0.3 is 4.74 Å². The van der Waals surface area contributed by atoms with Gasteiger partial charge in [0.15, 0.2) is 5.13 Å². The molecule has 1 amide bonds. The molecule has 3 rings (SSSR count). The fourth-order valence-corrected chi connectivity index (χ4v) is 4.82. The van der Waals surface area contributed by atoms with Crippen LogP contribution in [0, 0.1) is 0 Å². The number of thiazole rings is 1. The number of ether oxygens (including phenoxy) is 1. The number of nitrogens with zero attached hydrogens (tertiary/aromatic N) is 1. The van der Waals surface area contributed by atoms with Crippen molar-refractivity contribution in [1.82, 2.24) is 9.71 Å². The molecule has 0 aliphatic heterocycles. The molecule has 0 saturated carbocycles. The van der Waals surface area contributed by atoms with Crippen molar-refractivity contribution in [3.05, 3.63) is 65.0 Å². The maximum Gasteiger partial charge on any atom is 0.257 e. The third-order valence-electron chi connectivity index (χ3n) is 4.39. The molecular weight excluding hydrogens is 434 g/mol. The standard InChI is InChI=1S/C22H25N3O4S2/c1-15(2)25-31(27,28)19-10-8-18(9-11-19)21(26)24-22-23-20(14-30-22)17-6-4-16(5-7-17)12-13-29-3/h4-11,14-15,25H,12-13H2,1-3H3,(H,23,24,26). The smallest absolute Gasteiger partial charge is 0.257 e. The molecule has 0 atom stereocenters. The van der Waals surface area contributed by atoms with Gasteiger partial charge in [0.1, 0.15) is 0 Å². The summed E-state index contributed by atoms with van der Waals surface area (Å²) in [6, 6.07) is 13.6. The van der Waals surface area contributed by atoms with E-state index >= 15 is 0 Å². The van der Waals surface area contributed by atoms with Crippen LogP contribution in [0.2, 0.25) is 0 Å². The zero-order valence-corrected chi connectivity index (χ0v) is 19.2. The van der Waals surface area contributed by atoms with Gasteiger partial charge in [-0.1, -0.05) is 24.3 Å². The fraction of sp³-hybridized carbons (Fsp3) is 0.273. The van der Waals surface area contributed by atoms with Gasteiger partial charge in [0.05, 0.1) is 17.2 Å². The van der Waals surface area contributed by atoms with Gasteiger partial charge in [-0.15, -0.1) is 11.3 Å². The largest absolute Gasteiger partial charge is 0.384 e. The van der Waals surface area contributed by atoms with Crippen LogP contribution in [0.1, 0.15) is 29.8 Å². The Balaban J connectivity index is 1.66. The number of anilines is 1. The van der Waals surface area contributed by atoms with E-state index in [4.69, 9.17) is 4.74 Å². The molecule has 0 aliphatic rings. The average molecular weight is 460 g/mol. The van der Waals surface area contributed by atoms with Crippen LogP contribution in [-0.2, 0) is 21.2 Å². The second-order valence-corrected chi connectivity index (χ2v) is 9.80. The SMILES string of the molecule is COCCc1ccc(-c2csc(NC(=O)c3ccc(S(=O)(=O)NC(C)C)cc3)n2)cc1. The van der Waals surface area contributed by atoms with E-state index in [0.717, 1.165) is 17.7 Å². The lowest BCUT2D eigenvalue weighted by molar-refractivity contribution is 0.102. The molecule has 1 heterocycles. The summed E-state index contributed by atoms with van der Waals surface area (Å²) in [5, 5.41) is 5.12.